The average molecular weight is 405 g/mol. The highest BCUT2D eigenvalue weighted by atomic mass is 16.2. The summed E-state index contributed by atoms with van der Waals surface area (Å²) in [5.41, 5.74) is 16.5. The molecular formula is C19H19N9O2. The van der Waals surface area contributed by atoms with E-state index in [4.69, 9.17) is 11.5 Å². The van der Waals surface area contributed by atoms with Gasteiger partial charge in [0.25, 0.3) is 5.91 Å². The number of aromatic nitrogens is 2. The van der Waals surface area contributed by atoms with E-state index in [0.29, 0.717) is 12.2 Å². The maximum absolute atomic E-state index is 11.5. The summed E-state index contributed by atoms with van der Waals surface area (Å²) in [4.78, 5) is 22.6. The molecule has 0 bridgehead atoms. The van der Waals surface area contributed by atoms with Crippen molar-refractivity contribution in [1.82, 2.24) is 15.3 Å². The summed E-state index contributed by atoms with van der Waals surface area (Å²) in [5.74, 6) is -0.773. The van der Waals surface area contributed by atoms with Crippen molar-refractivity contribution in [3.8, 4) is 16.8 Å². The number of nitrogens with one attached hydrogen (secondary N) is 2. The number of urea groups is 1. The van der Waals surface area contributed by atoms with Crippen LogP contribution >= 0.6 is 0 Å². The van der Waals surface area contributed by atoms with E-state index >= 15 is 0 Å². The largest absolute Gasteiger partial charge is 0.364 e. The summed E-state index contributed by atoms with van der Waals surface area (Å²) in [6.45, 7) is 3.66. The molecule has 11 heteroatoms. The number of primary amides is 2. The molecule has 3 aromatic rings. The van der Waals surface area contributed by atoms with Crippen molar-refractivity contribution in [2.45, 2.75) is 6.54 Å². The summed E-state index contributed by atoms with van der Waals surface area (Å²) in [6, 6.07) is 14.5. The zero-order chi connectivity index (χ0) is 21.5. The molecule has 2 aromatic carbocycles. The fourth-order valence-electron chi connectivity index (χ4n) is 2.70. The number of hydrazone groups is 1. The van der Waals surface area contributed by atoms with Gasteiger partial charge in [-0.2, -0.15) is 20.8 Å². The Morgan fingerprint density at radius 1 is 1.03 bits per heavy atom. The van der Waals surface area contributed by atoms with Crippen LogP contribution in [-0.4, -0.2) is 28.4 Å². The molecule has 11 nitrogen and oxygen atoms in total. The molecule has 30 heavy (non-hydrogen) atoms. The van der Waals surface area contributed by atoms with E-state index in [1.54, 1.807) is 0 Å². The third-order valence-electron chi connectivity index (χ3n) is 4.06. The summed E-state index contributed by atoms with van der Waals surface area (Å²) in [6.07, 6.45) is 1.47. The lowest BCUT2D eigenvalue weighted by Crippen LogP contribution is -2.22. The molecule has 0 spiro atoms. The Morgan fingerprint density at radius 3 is 2.23 bits per heavy atom. The van der Waals surface area contributed by atoms with Crippen LogP contribution in [0.25, 0.3) is 16.8 Å². The molecule has 0 fully saturated rings. The smallest absolute Gasteiger partial charge is 0.316 e. The molecule has 3 rings (SSSR count). The minimum atomic E-state index is -0.814. The lowest BCUT2D eigenvalue weighted by Gasteiger charge is -2.06. The molecule has 6 N–H and O–H groups in total. The molecular weight excluding hydrogens is 386 g/mol. The van der Waals surface area contributed by atoms with Crippen LogP contribution in [0.15, 0.2) is 70.2 Å². The topological polar surface area (TPSA) is 165 Å². The second-order valence-electron chi connectivity index (χ2n) is 6.09. The molecule has 0 aliphatic heterocycles. The van der Waals surface area contributed by atoms with Crippen molar-refractivity contribution >= 4 is 24.3 Å². The van der Waals surface area contributed by atoms with Gasteiger partial charge in [-0.15, -0.1) is 0 Å². The Kier molecular flexibility index (Phi) is 6.13. The molecule has 0 saturated heterocycles. The number of benzene rings is 2. The van der Waals surface area contributed by atoms with Gasteiger partial charge >= 0.3 is 6.03 Å². The van der Waals surface area contributed by atoms with E-state index in [1.165, 1.54) is 10.9 Å². The van der Waals surface area contributed by atoms with Gasteiger partial charge in [0.1, 0.15) is 0 Å². The highest BCUT2D eigenvalue weighted by Gasteiger charge is 2.16. The SMILES string of the molecule is C=NNN=NCc1ccc(-c2ccc(-n3cc(NC(N)=O)c(C(N)=O)n3)cc2)cc1. The predicted octanol–water partition coefficient (Wildman–Crippen LogP) is 2.20. The third-order valence-corrected chi connectivity index (χ3v) is 4.06. The first-order valence-electron chi connectivity index (χ1n) is 8.71. The molecule has 0 radical (unpaired) electrons. The first kappa shape index (κ1) is 20.2. The maximum Gasteiger partial charge on any atom is 0.316 e. The van der Waals surface area contributed by atoms with Crippen molar-refractivity contribution in [2.75, 3.05) is 5.32 Å². The van der Waals surface area contributed by atoms with Crippen LogP contribution in [0.5, 0.6) is 0 Å². The number of hydrogen-bond acceptors (Lipinski definition) is 6. The predicted molar refractivity (Wildman–Crippen MR) is 112 cm³/mol. The number of nitrogens with two attached hydrogens (primary N) is 2. The first-order chi connectivity index (χ1) is 14.5. The van der Waals surface area contributed by atoms with Gasteiger partial charge in [0.05, 0.1) is 24.1 Å². The van der Waals surface area contributed by atoms with Crippen LogP contribution < -0.4 is 22.3 Å². The normalized spacial score (nSPS) is 10.7. The van der Waals surface area contributed by atoms with Gasteiger partial charge < -0.3 is 16.8 Å². The monoisotopic (exact) mass is 405 g/mol. The molecule has 3 amide bonds. The summed E-state index contributed by atoms with van der Waals surface area (Å²) in [5, 5.41) is 17.4. The summed E-state index contributed by atoms with van der Waals surface area (Å²) >= 11 is 0. The van der Waals surface area contributed by atoms with Gasteiger partial charge in [0.2, 0.25) is 0 Å². The van der Waals surface area contributed by atoms with E-state index in [0.717, 1.165) is 16.7 Å². The molecule has 0 saturated carbocycles. The van der Waals surface area contributed by atoms with Gasteiger partial charge in [0.15, 0.2) is 5.69 Å². The van der Waals surface area contributed by atoms with Crippen LogP contribution in [0.4, 0.5) is 10.5 Å². The van der Waals surface area contributed by atoms with Gasteiger partial charge in [-0.1, -0.05) is 41.6 Å². The number of nitrogens with zero attached hydrogens (tertiary/aromatic N) is 5. The number of amides is 3. The van der Waals surface area contributed by atoms with Crippen molar-refractivity contribution in [2.24, 2.45) is 26.9 Å². The van der Waals surface area contributed by atoms with Crippen molar-refractivity contribution in [3.05, 3.63) is 66.0 Å². The van der Waals surface area contributed by atoms with E-state index in [-0.39, 0.29) is 11.4 Å². The van der Waals surface area contributed by atoms with Gasteiger partial charge in [-0.3, -0.25) is 4.79 Å². The van der Waals surface area contributed by atoms with Crippen LogP contribution in [-0.2, 0) is 6.54 Å². The second-order valence-corrected chi connectivity index (χ2v) is 6.09. The molecule has 1 heterocycles. The molecule has 0 unspecified atom stereocenters. The minimum Gasteiger partial charge on any atom is -0.364 e. The second kappa shape index (κ2) is 9.10. The maximum atomic E-state index is 11.5. The van der Waals surface area contributed by atoms with E-state index in [9.17, 15) is 9.59 Å². The number of carbonyl (C=O) groups is 2. The Bertz CT molecular complexity index is 1090. The third kappa shape index (κ3) is 4.84. The Labute approximate surface area is 171 Å². The molecule has 0 aliphatic rings. The van der Waals surface area contributed by atoms with Crippen LogP contribution in [0.1, 0.15) is 16.1 Å². The quantitative estimate of drug-likeness (QED) is 0.256. The fraction of sp³-hybridized carbons (Fsp3) is 0.0526. The van der Waals surface area contributed by atoms with Crippen molar-refractivity contribution in [1.29, 1.82) is 0 Å². The van der Waals surface area contributed by atoms with Crippen LogP contribution in [0.2, 0.25) is 0 Å². The highest BCUT2D eigenvalue weighted by Crippen LogP contribution is 2.23. The number of anilines is 1. The zero-order valence-electron chi connectivity index (χ0n) is 15.8. The number of rotatable bonds is 8. The average Bonchev–Trinajstić information content (AvgIpc) is 3.15. The lowest BCUT2D eigenvalue weighted by atomic mass is 10.0. The Hall–Kier alpha value is -4.54. The van der Waals surface area contributed by atoms with Crippen molar-refractivity contribution < 1.29 is 9.59 Å². The Balaban J connectivity index is 1.77. The van der Waals surface area contributed by atoms with E-state index in [2.05, 4.69) is 38.1 Å². The summed E-state index contributed by atoms with van der Waals surface area (Å²) < 4.78 is 1.44. The standard InChI is InChI=1S/C19H19N9O2/c1-22-26-27-23-10-12-2-4-13(5-3-12)14-6-8-15(9-7-14)28-11-16(24-19(21)30)17(25-28)18(20)29/h2-9,11H,1,10H2,(H2,20,29)(H,23,26)(H3,21,24,30). The molecule has 1 aromatic heterocycles. The van der Waals surface area contributed by atoms with E-state index < -0.39 is 11.9 Å². The van der Waals surface area contributed by atoms with Gasteiger partial charge in [-0.25, -0.2) is 9.48 Å². The fourth-order valence-corrected chi connectivity index (χ4v) is 2.70. The molecule has 0 atom stereocenters. The first-order valence-corrected chi connectivity index (χ1v) is 8.71. The van der Waals surface area contributed by atoms with Gasteiger partial charge in [0, 0.05) is 6.72 Å². The number of carbonyl (C=O) groups excluding carboxylic acids is 2. The number of hydrogen-bond donors (Lipinski definition) is 4. The van der Waals surface area contributed by atoms with Crippen molar-refractivity contribution in [3.63, 3.8) is 0 Å². The van der Waals surface area contributed by atoms with Crippen LogP contribution in [0, 0.1) is 0 Å². The molecule has 0 aliphatic carbocycles. The van der Waals surface area contributed by atoms with Gasteiger partial charge in [-0.05, 0) is 28.8 Å². The van der Waals surface area contributed by atoms with E-state index in [1.807, 2.05) is 48.5 Å². The molecule has 152 valence electrons. The lowest BCUT2D eigenvalue weighted by molar-refractivity contribution is 0.0996. The Morgan fingerprint density at radius 2 is 1.67 bits per heavy atom. The minimum absolute atomic E-state index is 0.0790. The van der Waals surface area contributed by atoms with Crippen LogP contribution in [0.3, 0.4) is 0 Å². The highest BCUT2D eigenvalue weighted by molar-refractivity contribution is 6.00. The zero-order valence-corrected chi connectivity index (χ0v) is 15.8. The summed E-state index contributed by atoms with van der Waals surface area (Å²) in [7, 11) is 0.